The van der Waals surface area contributed by atoms with Gasteiger partial charge in [-0.3, -0.25) is 14.3 Å². The topological polar surface area (TPSA) is 76.5 Å². The van der Waals surface area contributed by atoms with E-state index in [0.29, 0.717) is 23.5 Å². The number of ether oxygens (including phenoxy) is 1. The van der Waals surface area contributed by atoms with E-state index in [1.807, 2.05) is 21.8 Å². The molecule has 124 valence electrons. The van der Waals surface area contributed by atoms with Crippen LogP contribution in [0.15, 0.2) is 36.7 Å². The van der Waals surface area contributed by atoms with Gasteiger partial charge in [0.25, 0.3) is 11.8 Å². The van der Waals surface area contributed by atoms with Crippen molar-refractivity contribution in [3.05, 3.63) is 42.2 Å². The lowest BCUT2D eigenvalue weighted by Crippen LogP contribution is -2.40. The number of anilines is 1. The molecule has 24 heavy (non-hydrogen) atoms. The normalized spacial score (nSPS) is 20.1. The lowest BCUT2D eigenvalue weighted by molar-refractivity contribution is -0.118. The minimum absolute atomic E-state index is 0.0181. The fraction of sp³-hybridized carbons (Fsp3) is 0.353. The van der Waals surface area contributed by atoms with E-state index in [9.17, 15) is 9.59 Å². The van der Waals surface area contributed by atoms with E-state index >= 15 is 0 Å². The number of carbonyl (C=O) groups is 2. The highest BCUT2D eigenvalue weighted by molar-refractivity contribution is 5.99. The maximum absolute atomic E-state index is 12.8. The number of benzene rings is 1. The number of carbonyl (C=O) groups excluding carboxylic acids is 2. The molecule has 0 aliphatic carbocycles. The summed E-state index contributed by atoms with van der Waals surface area (Å²) >= 11 is 0. The molecule has 0 bridgehead atoms. The second-order valence-electron chi connectivity index (χ2n) is 6.08. The predicted octanol–water partition coefficient (Wildman–Crippen LogP) is 1.69. The number of amides is 2. The van der Waals surface area contributed by atoms with Gasteiger partial charge in [0.05, 0.1) is 11.7 Å². The van der Waals surface area contributed by atoms with Gasteiger partial charge >= 0.3 is 0 Å². The first kappa shape index (κ1) is 14.7. The number of aromatic nitrogens is 2. The average Bonchev–Trinajstić information content (AvgIpc) is 3.15. The van der Waals surface area contributed by atoms with E-state index in [-0.39, 0.29) is 24.5 Å². The molecular formula is C17H18N4O3. The number of likely N-dealkylation sites (tertiary alicyclic amines) is 1. The van der Waals surface area contributed by atoms with E-state index in [4.69, 9.17) is 4.74 Å². The van der Waals surface area contributed by atoms with Crippen molar-refractivity contribution in [2.45, 2.75) is 18.9 Å². The molecule has 1 aromatic heterocycles. The highest BCUT2D eigenvalue weighted by atomic mass is 16.5. The molecule has 1 aromatic carbocycles. The lowest BCUT2D eigenvalue weighted by atomic mass is 10.0. The van der Waals surface area contributed by atoms with Gasteiger partial charge < -0.3 is 15.0 Å². The number of piperidine rings is 1. The molecule has 2 aliphatic rings. The summed E-state index contributed by atoms with van der Waals surface area (Å²) < 4.78 is 7.32. The van der Waals surface area contributed by atoms with Gasteiger partial charge in [-0.1, -0.05) is 0 Å². The van der Waals surface area contributed by atoms with Crippen LogP contribution in [0.25, 0.3) is 0 Å². The second-order valence-corrected chi connectivity index (χ2v) is 6.08. The quantitative estimate of drug-likeness (QED) is 0.911. The fourth-order valence-electron chi connectivity index (χ4n) is 3.24. The van der Waals surface area contributed by atoms with Crippen LogP contribution in [-0.4, -0.2) is 46.2 Å². The first-order valence-electron chi connectivity index (χ1n) is 8.06. The molecule has 3 heterocycles. The lowest BCUT2D eigenvalue weighted by Gasteiger charge is -2.33. The zero-order valence-corrected chi connectivity index (χ0v) is 13.1. The molecule has 7 nitrogen and oxygen atoms in total. The average molecular weight is 326 g/mol. The molecule has 1 fully saturated rings. The smallest absolute Gasteiger partial charge is 0.262 e. The van der Waals surface area contributed by atoms with Gasteiger partial charge in [0.2, 0.25) is 0 Å². The Morgan fingerprint density at radius 1 is 1.38 bits per heavy atom. The summed E-state index contributed by atoms with van der Waals surface area (Å²) in [6.07, 6.45) is 5.67. The molecule has 0 saturated carbocycles. The van der Waals surface area contributed by atoms with Gasteiger partial charge in [-0.2, -0.15) is 5.10 Å². The SMILES string of the molecule is O=C1COc2cc(C(=O)N3CCC[C@H](n4cccn4)C3)ccc2N1. The summed E-state index contributed by atoms with van der Waals surface area (Å²) in [5, 5.41) is 7.02. The van der Waals surface area contributed by atoms with E-state index in [1.165, 1.54) is 0 Å². The summed E-state index contributed by atoms with van der Waals surface area (Å²) in [6.45, 7) is 1.37. The van der Waals surface area contributed by atoms with Crippen molar-refractivity contribution in [2.75, 3.05) is 25.0 Å². The van der Waals surface area contributed by atoms with Crippen LogP contribution in [0.5, 0.6) is 5.75 Å². The van der Waals surface area contributed by atoms with E-state index in [1.54, 1.807) is 24.4 Å². The zero-order chi connectivity index (χ0) is 16.5. The van der Waals surface area contributed by atoms with Crippen molar-refractivity contribution < 1.29 is 14.3 Å². The van der Waals surface area contributed by atoms with Crippen LogP contribution < -0.4 is 10.1 Å². The molecule has 2 aliphatic heterocycles. The van der Waals surface area contributed by atoms with Gasteiger partial charge in [0.1, 0.15) is 5.75 Å². The van der Waals surface area contributed by atoms with Crippen LogP contribution in [0, 0.1) is 0 Å². The van der Waals surface area contributed by atoms with Crippen LogP contribution in [0.3, 0.4) is 0 Å². The van der Waals surface area contributed by atoms with Crippen LogP contribution in [0.4, 0.5) is 5.69 Å². The third-order valence-corrected chi connectivity index (χ3v) is 4.44. The van der Waals surface area contributed by atoms with Crippen molar-refractivity contribution in [3.8, 4) is 5.75 Å². The Morgan fingerprint density at radius 2 is 2.29 bits per heavy atom. The number of nitrogens with zero attached hydrogens (tertiary/aromatic N) is 3. The molecule has 1 N–H and O–H groups in total. The van der Waals surface area contributed by atoms with E-state index in [2.05, 4.69) is 10.4 Å². The Balaban J connectivity index is 1.52. The molecule has 2 amide bonds. The zero-order valence-electron chi connectivity index (χ0n) is 13.1. The largest absolute Gasteiger partial charge is 0.482 e. The highest BCUT2D eigenvalue weighted by Crippen LogP contribution is 2.30. The van der Waals surface area contributed by atoms with Crippen molar-refractivity contribution in [2.24, 2.45) is 0 Å². The maximum Gasteiger partial charge on any atom is 0.262 e. The maximum atomic E-state index is 12.8. The van der Waals surface area contributed by atoms with Crippen molar-refractivity contribution in [1.82, 2.24) is 14.7 Å². The number of hydrogen-bond acceptors (Lipinski definition) is 4. The van der Waals surface area contributed by atoms with Gasteiger partial charge in [-0.05, 0) is 37.1 Å². The molecule has 2 aromatic rings. The molecule has 1 atom stereocenters. The fourth-order valence-corrected chi connectivity index (χ4v) is 3.24. The minimum Gasteiger partial charge on any atom is -0.482 e. The Labute approximate surface area is 139 Å². The Bertz CT molecular complexity index is 772. The molecule has 7 heteroatoms. The standard InChI is InChI=1S/C17H18N4O3/c22-16-11-24-15-9-12(4-5-14(15)19-16)17(23)20-7-1-3-13(10-20)21-8-2-6-18-21/h2,4-6,8-9,13H,1,3,7,10-11H2,(H,19,22)/t13-/m0/s1. The summed E-state index contributed by atoms with van der Waals surface area (Å²) in [5.74, 6) is 0.343. The Morgan fingerprint density at radius 3 is 3.12 bits per heavy atom. The third-order valence-electron chi connectivity index (χ3n) is 4.44. The number of fused-ring (bicyclic) bond motifs is 1. The predicted molar refractivity (Wildman–Crippen MR) is 87.0 cm³/mol. The monoisotopic (exact) mass is 326 g/mol. The van der Waals surface area contributed by atoms with E-state index in [0.717, 1.165) is 19.4 Å². The minimum atomic E-state index is -0.181. The Kier molecular flexibility index (Phi) is 3.68. The van der Waals surface area contributed by atoms with Crippen LogP contribution in [0.2, 0.25) is 0 Å². The van der Waals surface area contributed by atoms with Crippen LogP contribution in [0.1, 0.15) is 29.2 Å². The first-order valence-corrected chi connectivity index (χ1v) is 8.06. The number of rotatable bonds is 2. The second kappa shape index (κ2) is 5.99. The molecular weight excluding hydrogens is 308 g/mol. The molecule has 4 rings (SSSR count). The summed E-state index contributed by atoms with van der Waals surface area (Å²) in [6, 6.07) is 7.26. The third kappa shape index (κ3) is 2.73. The summed E-state index contributed by atoms with van der Waals surface area (Å²) in [4.78, 5) is 26.0. The van der Waals surface area contributed by atoms with Gasteiger partial charge in [0, 0.05) is 31.0 Å². The van der Waals surface area contributed by atoms with E-state index < -0.39 is 0 Å². The molecule has 0 spiro atoms. The molecule has 0 unspecified atom stereocenters. The summed E-state index contributed by atoms with van der Waals surface area (Å²) in [5.41, 5.74) is 1.18. The van der Waals surface area contributed by atoms with Gasteiger partial charge in [-0.25, -0.2) is 0 Å². The van der Waals surface area contributed by atoms with Crippen molar-refractivity contribution in [1.29, 1.82) is 0 Å². The summed E-state index contributed by atoms with van der Waals surface area (Å²) in [7, 11) is 0. The highest BCUT2D eigenvalue weighted by Gasteiger charge is 2.27. The number of nitrogens with one attached hydrogen (secondary N) is 1. The molecule has 0 radical (unpaired) electrons. The van der Waals surface area contributed by atoms with Crippen molar-refractivity contribution in [3.63, 3.8) is 0 Å². The van der Waals surface area contributed by atoms with Gasteiger partial charge in [-0.15, -0.1) is 0 Å². The first-order chi connectivity index (χ1) is 11.7. The van der Waals surface area contributed by atoms with Gasteiger partial charge in [0.15, 0.2) is 6.61 Å². The Hall–Kier alpha value is -2.83. The van der Waals surface area contributed by atoms with Crippen LogP contribution >= 0.6 is 0 Å². The molecule has 1 saturated heterocycles. The van der Waals surface area contributed by atoms with Crippen LogP contribution in [-0.2, 0) is 4.79 Å². The number of hydrogen-bond donors (Lipinski definition) is 1. The van der Waals surface area contributed by atoms with Crippen molar-refractivity contribution >= 4 is 17.5 Å².